The van der Waals surface area contributed by atoms with E-state index in [9.17, 15) is 24.8 Å². The van der Waals surface area contributed by atoms with Crippen LogP contribution in [0.25, 0.3) is 5.76 Å². The zero-order chi connectivity index (χ0) is 23.0. The number of aromatic nitrogens is 1. The third kappa shape index (κ3) is 3.51. The van der Waals surface area contributed by atoms with Crippen LogP contribution in [0, 0.1) is 24.0 Å². The Kier molecular flexibility index (Phi) is 5.28. The molecule has 2 heterocycles. The average Bonchev–Trinajstić information content (AvgIpc) is 3.06. The molecule has 1 amide bonds. The third-order valence-corrected chi connectivity index (χ3v) is 5.59. The highest BCUT2D eigenvalue weighted by Gasteiger charge is 2.47. The Morgan fingerprint density at radius 1 is 1.00 bits per heavy atom. The van der Waals surface area contributed by atoms with E-state index in [2.05, 4.69) is 4.98 Å². The molecule has 3 aromatic rings. The summed E-state index contributed by atoms with van der Waals surface area (Å²) in [6.45, 7) is 3.86. The Morgan fingerprint density at radius 2 is 1.66 bits per heavy atom. The molecule has 8 heteroatoms. The molecule has 0 aliphatic carbocycles. The van der Waals surface area contributed by atoms with E-state index >= 15 is 0 Å². The van der Waals surface area contributed by atoms with Crippen molar-refractivity contribution < 1.29 is 19.6 Å². The van der Waals surface area contributed by atoms with Gasteiger partial charge in [-0.1, -0.05) is 6.07 Å². The van der Waals surface area contributed by atoms with Gasteiger partial charge in [-0.25, -0.2) is 0 Å². The lowest BCUT2D eigenvalue weighted by molar-refractivity contribution is -0.384. The Morgan fingerprint density at radius 3 is 2.25 bits per heavy atom. The van der Waals surface area contributed by atoms with Crippen LogP contribution in [0.5, 0.6) is 0 Å². The van der Waals surface area contributed by atoms with Gasteiger partial charge in [-0.3, -0.25) is 29.6 Å². The fourth-order valence-electron chi connectivity index (χ4n) is 3.73. The van der Waals surface area contributed by atoms with E-state index in [4.69, 9.17) is 0 Å². The molecule has 8 nitrogen and oxygen atoms in total. The topological polar surface area (TPSA) is 114 Å². The lowest BCUT2D eigenvalue weighted by atomic mass is 9.95. The molecule has 1 saturated heterocycles. The average molecular weight is 429 g/mol. The van der Waals surface area contributed by atoms with Gasteiger partial charge in [0.25, 0.3) is 17.4 Å². The molecule has 0 bridgehead atoms. The smallest absolute Gasteiger partial charge is 0.300 e. The first kappa shape index (κ1) is 20.9. The first-order valence-electron chi connectivity index (χ1n) is 9.82. The van der Waals surface area contributed by atoms with E-state index in [1.165, 1.54) is 29.2 Å². The molecule has 32 heavy (non-hydrogen) atoms. The number of non-ortho nitro benzene ring substituents is 1. The quantitative estimate of drug-likeness (QED) is 0.218. The number of aliphatic hydroxyl groups excluding tert-OH is 1. The van der Waals surface area contributed by atoms with Crippen LogP contribution in [0.3, 0.4) is 0 Å². The number of carbonyl (C=O) groups excluding carboxylic acids is 2. The highest BCUT2D eigenvalue weighted by molar-refractivity contribution is 6.51. The fraction of sp³-hybridized carbons (Fsp3) is 0.125. The zero-order valence-corrected chi connectivity index (χ0v) is 17.4. The number of pyridine rings is 1. The molecule has 160 valence electrons. The van der Waals surface area contributed by atoms with Crippen molar-refractivity contribution in [3.8, 4) is 0 Å². The van der Waals surface area contributed by atoms with E-state index in [0.29, 0.717) is 11.3 Å². The number of benzene rings is 2. The summed E-state index contributed by atoms with van der Waals surface area (Å²) in [4.78, 5) is 41.9. The summed E-state index contributed by atoms with van der Waals surface area (Å²) in [6, 6.07) is 13.1. The number of ketones is 1. The van der Waals surface area contributed by atoms with Crippen LogP contribution in [-0.2, 0) is 9.59 Å². The summed E-state index contributed by atoms with van der Waals surface area (Å²) in [5.74, 6) is -1.99. The Hall–Kier alpha value is -4.33. The van der Waals surface area contributed by atoms with Crippen molar-refractivity contribution in [1.29, 1.82) is 0 Å². The van der Waals surface area contributed by atoms with Gasteiger partial charge in [-0.05, 0) is 66.9 Å². The summed E-state index contributed by atoms with van der Waals surface area (Å²) in [6.07, 6.45) is 3.09. The van der Waals surface area contributed by atoms with Crippen molar-refractivity contribution in [3.63, 3.8) is 0 Å². The maximum absolute atomic E-state index is 13.1. The molecule has 0 radical (unpaired) electrons. The first-order valence-corrected chi connectivity index (χ1v) is 9.82. The van der Waals surface area contributed by atoms with E-state index in [1.807, 2.05) is 26.0 Å². The van der Waals surface area contributed by atoms with Crippen LogP contribution >= 0.6 is 0 Å². The largest absolute Gasteiger partial charge is 0.507 e. The Bertz CT molecular complexity index is 1270. The summed E-state index contributed by atoms with van der Waals surface area (Å²) < 4.78 is 0. The molecule has 1 fully saturated rings. The van der Waals surface area contributed by atoms with Crippen molar-refractivity contribution >= 4 is 28.8 Å². The number of rotatable bonds is 4. The van der Waals surface area contributed by atoms with Gasteiger partial charge in [-0.15, -0.1) is 0 Å². The van der Waals surface area contributed by atoms with Crippen molar-refractivity contribution in [3.05, 3.63) is 105 Å². The molecule has 1 unspecified atom stereocenters. The van der Waals surface area contributed by atoms with E-state index in [1.54, 1.807) is 30.6 Å². The normalized spacial score (nSPS) is 17.6. The first-order chi connectivity index (χ1) is 15.3. The summed E-state index contributed by atoms with van der Waals surface area (Å²) in [5.41, 5.74) is 3.08. The van der Waals surface area contributed by atoms with Crippen molar-refractivity contribution in [2.75, 3.05) is 4.90 Å². The van der Waals surface area contributed by atoms with E-state index < -0.39 is 28.4 Å². The van der Waals surface area contributed by atoms with Crippen LogP contribution in [0.1, 0.15) is 28.3 Å². The number of carbonyl (C=O) groups is 2. The van der Waals surface area contributed by atoms with Crippen LogP contribution in [0.2, 0.25) is 0 Å². The fourth-order valence-corrected chi connectivity index (χ4v) is 3.73. The number of nitrogens with zero attached hydrogens (tertiary/aromatic N) is 3. The molecule has 4 rings (SSSR count). The van der Waals surface area contributed by atoms with Gasteiger partial charge in [0, 0.05) is 35.8 Å². The molecule has 1 aliphatic heterocycles. The van der Waals surface area contributed by atoms with Gasteiger partial charge in [0.1, 0.15) is 5.76 Å². The molecule has 1 N–H and O–H groups in total. The second-order valence-corrected chi connectivity index (χ2v) is 7.52. The molecular formula is C24H19N3O5. The van der Waals surface area contributed by atoms with Crippen LogP contribution in [0.15, 0.2) is 72.6 Å². The second-order valence-electron chi connectivity index (χ2n) is 7.52. The van der Waals surface area contributed by atoms with Crippen LogP contribution in [0.4, 0.5) is 11.4 Å². The number of aryl methyl sites for hydroxylation is 2. The predicted octanol–water partition coefficient (Wildman–Crippen LogP) is 4.23. The number of hydrogen-bond donors (Lipinski definition) is 1. The van der Waals surface area contributed by atoms with Crippen molar-refractivity contribution in [2.45, 2.75) is 19.9 Å². The van der Waals surface area contributed by atoms with Gasteiger partial charge in [0.05, 0.1) is 16.5 Å². The standard InChI is InChI=1S/C24H19N3O5/c1-14-3-6-19(13-15(14)2)26-21(16-9-11-25-12-10-16)20(23(29)24(26)30)22(28)17-4-7-18(8-5-17)27(31)32/h3-13,21,28H,1-2H3/b22-20+. The van der Waals surface area contributed by atoms with Gasteiger partial charge in [-0.2, -0.15) is 0 Å². The molecule has 0 spiro atoms. The van der Waals surface area contributed by atoms with Gasteiger partial charge >= 0.3 is 0 Å². The molecule has 1 aromatic heterocycles. The number of aliphatic hydroxyl groups is 1. The number of anilines is 1. The maximum Gasteiger partial charge on any atom is 0.300 e. The molecule has 1 atom stereocenters. The van der Waals surface area contributed by atoms with E-state index in [-0.39, 0.29) is 16.8 Å². The lowest BCUT2D eigenvalue weighted by Gasteiger charge is -2.26. The summed E-state index contributed by atoms with van der Waals surface area (Å²) >= 11 is 0. The summed E-state index contributed by atoms with van der Waals surface area (Å²) in [7, 11) is 0. The predicted molar refractivity (Wildman–Crippen MR) is 118 cm³/mol. The lowest BCUT2D eigenvalue weighted by Crippen LogP contribution is -2.29. The SMILES string of the molecule is Cc1ccc(N2C(=O)C(=O)/C(=C(/O)c3ccc([N+](=O)[O-])cc3)C2c2ccncc2)cc1C. The van der Waals surface area contributed by atoms with Crippen molar-refractivity contribution in [2.24, 2.45) is 0 Å². The minimum atomic E-state index is -0.879. The minimum Gasteiger partial charge on any atom is -0.507 e. The molecule has 1 aliphatic rings. The van der Waals surface area contributed by atoms with E-state index in [0.717, 1.165) is 11.1 Å². The van der Waals surface area contributed by atoms with Gasteiger partial charge < -0.3 is 5.11 Å². The van der Waals surface area contributed by atoms with Crippen LogP contribution < -0.4 is 4.90 Å². The number of amides is 1. The molecule has 0 saturated carbocycles. The molecular weight excluding hydrogens is 410 g/mol. The number of hydrogen-bond acceptors (Lipinski definition) is 6. The highest BCUT2D eigenvalue weighted by atomic mass is 16.6. The Labute approximate surface area is 183 Å². The monoisotopic (exact) mass is 429 g/mol. The van der Waals surface area contributed by atoms with Gasteiger partial charge in [0.2, 0.25) is 0 Å². The highest BCUT2D eigenvalue weighted by Crippen LogP contribution is 2.42. The van der Waals surface area contributed by atoms with Crippen molar-refractivity contribution in [1.82, 2.24) is 4.98 Å². The maximum atomic E-state index is 13.1. The number of nitro groups is 1. The zero-order valence-electron chi connectivity index (χ0n) is 17.4. The number of Topliss-reactive ketones (excluding diaryl/α,β-unsaturated/α-hetero) is 1. The molecule has 2 aromatic carbocycles. The summed E-state index contributed by atoms with van der Waals surface area (Å²) in [5, 5.41) is 22.0. The Balaban J connectivity index is 1.91. The third-order valence-electron chi connectivity index (χ3n) is 5.59. The van der Waals surface area contributed by atoms with Crippen LogP contribution in [-0.4, -0.2) is 26.7 Å². The minimum absolute atomic E-state index is 0.0896. The second kappa shape index (κ2) is 8.07. The number of nitro benzene ring substituents is 1. The van der Waals surface area contributed by atoms with Gasteiger partial charge in [0.15, 0.2) is 0 Å².